The summed E-state index contributed by atoms with van der Waals surface area (Å²) in [6, 6.07) is 8.37. The van der Waals surface area contributed by atoms with Gasteiger partial charge in [-0.15, -0.1) is 0 Å². The van der Waals surface area contributed by atoms with Crippen molar-refractivity contribution in [2.45, 2.75) is 39.7 Å². The first-order valence-electron chi connectivity index (χ1n) is 6.45. The summed E-state index contributed by atoms with van der Waals surface area (Å²) in [5, 5.41) is 13.0. The van der Waals surface area contributed by atoms with Gasteiger partial charge in [-0.3, -0.25) is 0 Å². The Morgan fingerprint density at radius 2 is 1.72 bits per heavy atom. The number of aliphatic hydroxyl groups excluding tert-OH is 1. The maximum atomic E-state index is 9.44. The van der Waals surface area contributed by atoms with E-state index in [4.69, 9.17) is 0 Å². The first kappa shape index (κ1) is 15.7. The van der Waals surface area contributed by atoms with Crippen LogP contribution in [0, 0.1) is 5.41 Å². The molecule has 1 aromatic carbocycles. The first-order valence-corrected chi connectivity index (χ1v) is 7.24. The van der Waals surface area contributed by atoms with Crippen LogP contribution < -0.4 is 5.32 Å². The van der Waals surface area contributed by atoms with Crippen molar-refractivity contribution in [3.05, 3.63) is 34.3 Å². The Balaban J connectivity index is 2.73. The molecule has 2 nitrogen and oxygen atoms in total. The van der Waals surface area contributed by atoms with Crippen LogP contribution in [0.5, 0.6) is 0 Å². The van der Waals surface area contributed by atoms with Crippen molar-refractivity contribution in [1.29, 1.82) is 0 Å². The molecule has 0 aliphatic heterocycles. The number of benzene rings is 1. The lowest BCUT2D eigenvalue weighted by Crippen LogP contribution is -2.44. The highest BCUT2D eigenvalue weighted by atomic mass is 79.9. The molecule has 0 bridgehead atoms. The van der Waals surface area contributed by atoms with E-state index >= 15 is 0 Å². The van der Waals surface area contributed by atoms with Crippen LogP contribution >= 0.6 is 15.9 Å². The Bertz CT molecular complexity index is 369. The van der Waals surface area contributed by atoms with Crippen molar-refractivity contribution in [3.63, 3.8) is 0 Å². The van der Waals surface area contributed by atoms with Gasteiger partial charge in [-0.1, -0.05) is 41.9 Å². The van der Waals surface area contributed by atoms with E-state index in [0.29, 0.717) is 0 Å². The molecule has 0 spiro atoms. The second kappa shape index (κ2) is 6.18. The van der Waals surface area contributed by atoms with Crippen molar-refractivity contribution in [3.8, 4) is 0 Å². The third kappa shape index (κ3) is 4.08. The molecule has 1 aromatic rings. The van der Waals surface area contributed by atoms with Gasteiger partial charge in [0.05, 0.1) is 0 Å². The maximum absolute atomic E-state index is 9.44. The van der Waals surface area contributed by atoms with Gasteiger partial charge in [0, 0.05) is 28.6 Å². The highest BCUT2D eigenvalue weighted by Crippen LogP contribution is 2.25. The van der Waals surface area contributed by atoms with Crippen LogP contribution in [0.4, 0.5) is 0 Å². The standard InChI is InChI=1S/C15H24BrNO/c1-5-15(4,11-18)10-17-14(2,3)12-6-8-13(16)9-7-12/h6-9,17-18H,5,10-11H2,1-4H3. The molecule has 0 fully saturated rings. The predicted molar refractivity (Wildman–Crippen MR) is 80.7 cm³/mol. The topological polar surface area (TPSA) is 32.3 Å². The van der Waals surface area contributed by atoms with Crippen molar-refractivity contribution < 1.29 is 5.11 Å². The lowest BCUT2D eigenvalue weighted by atomic mass is 9.86. The van der Waals surface area contributed by atoms with Gasteiger partial charge in [0.15, 0.2) is 0 Å². The Kier molecular flexibility index (Phi) is 5.38. The largest absolute Gasteiger partial charge is 0.396 e. The minimum Gasteiger partial charge on any atom is -0.396 e. The van der Waals surface area contributed by atoms with Crippen molar-refractivity contribution in [2.75, 3.05) is 13.2 Å². The van der Waals surface area contributed by atoms with Crippen LogP contribution in [0.2, 0.25) is 0 Å². The quantitative estimate of drug-likeness (QED) is 0.839. The molecule has 0 aliphatic carbocycles. The van der Waals surface area contributed by atoms with Gasteiger partial charge in [-0.05, 0) is 38.0 Å². The number of rotatable bonds is 6. The van der Waals surface area contributed by atoms with Crippen molar-refractivity contribution >= 4 is 15.9 Å². The van der Waals surface area contributed by atoms with Gasteiger partial charge >= 0.3 is 0 Å². The Labute approximate surface area is 119 Å². The van der Waals surface area contributed by atoms with E-state index in [1.807, 2.05) is 0 Å². The lowest BCUT2D eigenvalue weighted by Gasteiger charge is -2.34. The van der Waals surface area contributed by atoms with Crippen LogP contribution in [0.25, 0.3) is 0 Å². The SMILES string of the molecule is CCC(C)(CO)CNC(C)(C)c1ccc(Br)cc1. The van der Waals surface area contributed by atoms with Gasteiger partial charge in [0.1, 0.15) is 0 Å². The molecule has 0 radical (unpaired) electrons. The number of nitrogens with one attached hydrogen (secondary N) is 1. The van der Waals surface area contributed by atoms with Crippen LogP contribution in [0.1, 0.15) is 39.7 Å². The molecule has 0 heterocycles. The van der Waals surface area contributed by atoms with Crippen LogP contribution in [-0.4, -0.2) is 18.3 Å². The van der Waals surface area contributed by atoms with Gasteiger partial charge in [-0.2, -0.15) is 0 Å². The van der Waals surface area contributed by atoms with E-state index in [-0.39, 0.29) is 17.6 Å². The van der Waals surface area contributed by atoms with E-state index in [0.717, 1.165) is 17.4 Å². The fourth-order valence-corrected chi connectivity index (χ4v) is 1.96. The van der Waals surface area contributed by atoms with E-state index in [1.54, 1.807) is 0 Å². The molecule has 18 heavy (non-hydrogen) atoms. The lowest BCUT2D eigenvalue weighted by molar-refractivity contribution is 0.125. The third-order valence-corrected chi connectivity index (χ3v) is 4.29. The second-order valence-electron chi connectivity index (χ2n) is 5.81. The van der Waals surface area contributed by atoms with E-state index in [9.17, 15) is 5.11 Å². The number of halogens is 1. The summed E-state index contributed by atoms with van der Waals surface area (Å²) in [5.74, 6) is 0. The summed E-state index contributed by atoms with van der Waals surface area (Å²) in [7, 11) is 0. The van der Waals surface area contributed by atoms with E-state index in [2.05, 4.69) is 73.2 Å². The molecule has 1 atom stereocenters. The number of hydrogen-bond donors (Lipinski definition) is 2. The Morgan fingerprint density at radius 1 is 1.17 bits per heavy atom. The Morgan fingerprint density at radius 3 is 2.17 bits per heavy atom. The molecule has 0 saturated carbocycles. The smallest absolute Gasteiger partial charge is 0.0496 e. The van der Waals surface area contributed by atoms with Gasteiger partial charge < -0.3 is 10.4 Å². The van der Waals surface area contributed by atoms with Crippen molar-refractivity contribution in [2.24, 2.45) is 5.41 Å². The fraction of sp³-hybridized carbons (Fsp3) is 0.600. The van der Waals surface area contributed by atoms with Crippen LogP contribution in [0.3, 0.4) is 0 Å². The van der Waals surface area contributed by atoms with E-state index in [1.165, 1.54) is 5.56 Å². The molecular formula is C15H24BrNO. The molecule has 0 aromatic heterocycles. The van der Waals surface area contributed by atoms with E-state index < -0.39 is 0 Å². The zero-order chi connectivity index (χ0) is 13.8. The van der Waals surface area contributed by atoms with Gasteiger partial charge in [0.25, 0.3) is 0 Å². The number of aliphatic hydroxyl groups is 1. The molecule has 0 amide bonds. The highest BCUT2D eigenvalue weighted by molar-refractivity contribution is 9.10. The fourth-order valence-electron chi connectivity index (χ4n) is 1.70. The summed E-state index contributed by atoms with van der Waals surface area (Å²) in [4.78, 5) is 0. The monoisotopic (exact) mass is 313 g/mol. The maximum Gasteiger partial charge on any atom is 0.0496 e. The normalized spacial score (nSPS) is 15.4. The summed E-state index contributed by atoms with van der Waals surface area (Å²) < 4.78 is 1.09. The second-order valence-corrected chi connectivity index (χ2v) is 6.72. The van der Waals surface area contributed by atoms with Gasteiger partial charge in [0.2, 0.25) is 0 Å². The molecule has 1 unspecified atom stereocenters. The van der Waals surface area contributed by atoms with Crippen LogP contribution in [-0.2, 0) is 5.54 Å². The average Bonchev–Trinajstić information content (AvgIpc) is 2.37. The predicted octanol–water partition coefficient (Wildman–Crippen LogP) is 3.68. The molecular weight excluding hydrogens is 290 g/mol. The van der Waals surface area contributed by atoms with Crippen molar-refractivity contribution in [1.82, 2.24) is 5.32 Å². The molecule has 0 aliphatic rings. The van der Waals surface area contributed by atoms with Gasteiger partial charge in [-0.25, -0.2) is 0 Å². The highest BCUT2D eigenvalue weighted by Gasteiger charge is 2.26. The zero-order valence-corrected chi connectivity index (χ0v) is 13.3. The summed E-state index contributed by atoms with van der Waals surface area (Å²) >= 11 is 3.45. The molecule has 102 valence electrons. The zero-order valence-electron chi connectivity index (χ0n) is 11.8. The third-order valence-electron chi connectivity index (χ3n) is 3.76. The Hall–Kier alpha value is -0.380. The molecule has 3 heteroatoms. The molecule has 0 saturated heterocycles. The molecule has 1 rings (SSSR count). The minimum atomic E-state index is -0.0910. The average molecular weight is 314 g/mol. The molecule has 2 N–H and O–H groups in total. The summed E-state index contributed by atoms with van der Waals surface area (Å²) in [6.07, 6.45) is 0.965. The number of hydrogen-bond acceptors (Lipinski definition) is 2. The van der Waals surface area contributed by atoms with Crippen LogP contribution in [0.15, 0.2) is 28.7 Å². The minimum absolute atomic E-state index is 0.0490. The first-order chi connectivity index (χ1) is 8.33. The summed E-state index contributed by atoms with van der Waals surface area (Å²) in [5.41, 5.74) is 1.11. The summed E-state index contributed by atoms with van der Waals surface area (Å²) in [6.45, 7) is 9.59.